The van der Waals surface area contributed by atoms with Crippen molar-refractivity contribution in [1.29, 1.82) is 0 Å². The Bertz CT molecular complexity index is 432. The molecule has 1 aliphatic heterocycles. The molecule has 0 aliphatic carbocycles. The highest BCUT2D eigenvalue weighted by Crippen LogP contribution is 2.20. The maximum Gasteiger partial charge on any atom is 0.312 e. The van der Waals surface area contributed by atoms with Crippen molar-refractivity contribution in [1.82, 2.24) is 15.3 Å². The smallest absolute Gasteiger partial charge is 0.312 e. The molecule has 1 fully saturated rings. The molecule has 2 heterocycles. The van der Waals surface area contributed by atoms with Crippen molar-refractivity contribution in [2.75, 3.05) is 24.6 Å². The summed E-state index contributed by atoms with van der Waals surface area (Å²) >= 11 is 0. The first-order valence-corrected chi connectivity index (χ1v) is 6.44. The molecule has 1 aromatic heterocycles. The molecule has 3 N–H and O–H groups in total. The van der Waals surface area contributed by atoms with Gasteiger partial charge in [0.05, 0.1) is 6.61 Å². The lowest BCUT2D eigenvalue weighted by molar-refractivity contribution is 0.242. The molecule has 1 saturated heterocycles. The van der Waals surface area contributed by atoms with E-state index in [1.807, 2.05) is 13.0 Å². The van der Waals surface area contributed by atoms with Crippen LogP contribution in [-0.2, 0) is 0 Å². The van der Waals surface area contributed by atoms with Gasteiger partial charge in [-0.15, -0.1) is 0 Å². The van der Waals surface area contributed by atoms with E-state index in [0.717, 1.165) is 31.7 Å². The van der Waals surface area contributed by atoms with Gasteiger partial charge in [0.1, 0.15) is 12.1 Å². The minimum absolute atomic E-state index is 0.155. The number of carbonyl (C=O) groups is 1. The molecule has 19 heavy (non-hydrogen) atoms. The van der Waals surface area contributed by atoms with Crippen molar-refractivity contribution >= 4 is 11.8 Å². The quantitative estimate of drug-likeness (QED) is 0.827. The van der Waals surface area contributed by atoms with Crippen LogP contribution in [0.2, 0.25) is 0 Å². The zero-order chi connectivity index (χ0) is 13.7. The summed E-state index contributed by atoms with van der Waals surface area (Å²) in [5.74, 6) is 1.45. The van der Waals surface area contributed by atoms with Gasteiger partial charge in [0, 0.05) is 25.2 Å². The number of primary amides is 1. The summed E-state index contributed by atoms with van der Waals surface area (Å²) in [5.41, 5.74) is 5.12. The van der Waals surface area contributed by atoms with E-state index in [-0.39, 0.29) is 6.04 Å². The molecule has 1 aromatic rings. The molecule has 0 radical (unpaired) electrons. The molecule has 0 bridgehead atoms. The van der Waals surface area contributed by atoms with Crippen LogP contribution in [0.3, 0.4) is 0 Å². The normalized spacial score (nSPS) is 16.2. The van der Waals surface area contributed by atoms with Crippen molar-refractivity contribution < 1.29 is 9.53 Å². The first kappa shape index (κ1) is 13.4. The van der Waals surface area contributed by atoms with Gasteiger partial charge in [-0.1, -0.05) is 0 Å². The first-order valence-electron chi connectivity index (χ1n) is 6.44. The third-order valence-electron chi connectivity index (χ3n) is 3.09. The second kappa shape index (κ2) is 6.21. The van der Waals surface area contributed by atoms with Crippen molar-refractivity contribution in [3.8, 4) is 5.88 Å². The third-order valence-corrected chi connectivity index (χ3v) is 3.09. The minimum atomic E-state index is -0.459. The summed E-state index contributed by atoms with van der Waals surface area (Å²) in [7, 11) is 0. The first-order chi connectivity index (χ1) is 9.19. The van der Waals surface area contributed by atoms with E-state index in [2.05, 4.69) is 20.2 Å². The van der Waals surface area contributed by atoms with E-state index in [1.165, 1.54) is 6.33 Å². The average molecular weight is 265 g/mol. The standard InChI is InChI=1S/C12H19N5O2/c1-2-19-11-7-10(14-8-15-11)17-5-3-9(4-6-17)16-12(13)18/h7-9H,2-6H2,1H3,(H3,13,16,18). The van der Waals surface area contributed by atoms with Gasteiger partial charge in [0.15, 0.2) is 0 Å². The summed E-state index contributed by atoms with van der Waals surface area (Å²) in [4.78, 5) is 21.3. The molecule has 0 unspecified atom stereocenters. The number of rotatable bonds is 4. The van der Waals surface area contributed by atoms with Crippen LogP contribution in [0.5, 0.6) is 5.88 Å². The number of ether oxygens (including phenoxy) is 1. The Morgan fingerprint density at radius 3 is 2.89 bits per heavy atom. The number of carbonyl (C=O) groups excluding carboxylic acids is 1. The van der Waals surface area contributed by atoms with Crippen LogP contribution in [0.1, 0.15) is 19.8 Å². The molecular weight excluding hydrogens is 246 g/mol. The number of anilines is 1. The Morgan fingerprint density at radius 1 is 1.53 bits per heavy atom. The number of nitrogens with zero attached hydrogens (tertiary/aromatic N) is 3. The zero-order valence-corrected chi connectivity index (χ0v) is 11.0. The Labute approximate surface area is 112 Å². The predicted molar refractivity (Wildman–Crippen MR) is 71.2 cm³/mol. The van der Waals surface area contributed by atoms with Crippen LogP contribution in [-0.4, -0.2) is 41.7 Å². The Hall–Kier alpha value is -2.05. The van der Waals surface area contributed by atoms with Gasteiger partial charge in [-0.2, -0.15) is 0 Å². The number of nitrogens with two attached hydrogens (primary N) is 1. The summed E-state index contributed by atoms with van der Waals surface area (Å²) in [6.45, 7) is 4.16. The summed E-state index contributed by atoms with van der Waals surface area (Å²) in [6.07, 6.45) is 3.22. The van der Waals surface area contributed by atoms with Crippen molar-refractivity contribution in [3.63, 3.8) is 0 Å². The van der Waals surface area contributed by atoms with Gasteiger partial charge in [-0.05, 0) is 19.8 Å². The molecule has 104 valence electrons. The van der Waals surface area contributed by atoms with Gasteiger partial charge < -0.3 is 20.7 Å². The highest BCUT2D eigenvalue weighted by molar-refractivity contribution is 5.72. The fourth-order valence-corrected chi connectivity index (χ4v) is 2.18. The fraction of sp³-hybridized carbons (Fsp3) is 0.583. The number of aromatic nitrogens is 2. The summed E-state index contributed by atoms with van der Waals surface area (Å²) in [6, 6.07) is 1.53. The Morgan fingerprint density at radius 2 is 2.26 bits per heavy atom. The van der Waals surface area contributed by atoms with Crippen molar-refractivity contribution in [2.24, 2.45) is 5.73 Å². The summed E-state index contributed by atoms with van der Waals surface area (Å²) < 4.78 is 5.36. The lowest BCUT2D eigenvalue weighted by Crippen LogP contribution is -2.46. The van der Waals surface area contributed by atoms with E-state index in [4.69, 9.17) is 10.5 Å². The van der Waals surface area contributed by atoms with Gasteiger partial charge >= 0.3 is 6.03 Å². The molecule has 2 amide bonds. The SMILES string of the molecule is CCOc1cc(N2CCC(NC(N)=O)CC2)ncn1. The number of piperidine rings is 1. The van der Waals surface area contributed by atoms with Crippen LogP contribution in [0.4, 0.5) is 10.6 Å². The number of urea groups is 1. The van der Waals surface area contributed by atoms with Crippen LogP contribution in [0, 0.1) is 0 Å². The van der Waals surface area contributed by atoms with Crippen molar-refractivity contribution in [2.45, 2.75) is 25.8 Å². The largest absolute Gasteiger partial charge is 0.478 e. The number of nitrogens with one attached hydrogen (secondary N) is 1. The number of amides is 2. The Balaban J connectivity index is 1.93. The van der Waals surface area contributed by atoms with Crippen LogP contribution >= 0.6 is 0 Å². The van der Waals surface area contributed by atoms with E-state index in [1.54, 1.807) is 0 Å². The molecule has 0 spiro atoms. The molecule has 7 heteroatoms. The molecule has 2 rings (SSSR count). The molecule has 7 nitrogen and oxygen atoms in total. The second-order valence-electron chi connectivity index (χ2n) is 4.42. The average Bonchev–Trinajstić information content (AvgIpc) is 2.40. The van der Waals surface area contributed by atoms with Gasteiger partial charge in [-0.25, -0.2) is 14.8 Å². The van der Waals surface area contributed by atoms with Crippen LogP contribution < -0.4 is 20.7 Å². The number of hydrogen-bond donors (Lipinski definition) is 2. The highest BCUT2D eigenvalue weighted by Gasteiger charge is 2.21. The predicted octanol–water partition coefficient (Wildman–Crippen LogP) is 0.512. The Kier molecular flexibility index (Phi) is 4.38. The number of hydrogen-bond acceptors (Lipinski definition) is 5. The molecular formula is C12H19N5O2. The summed E-state index contributed by atoms with van der Waals surface area (Å²) in [5, 5.41) is 2.74. The van der Waals surface area contributed by atoms with E-state index in [0.29, 0.717) is 12.5 Å². The van der Waals surface area contributed by atoms with Crippen LogP contribution in [0.15, 0.2) is 12.4 Å². The maximum atomic E-state index is 10.8. The lowest BCUT2D eigenvalue weighted by atomic mass is 10.1. The topological polar surface area (TPSA) is 93.4 Å². The van der Waals surface area contributed by atoms with Gasteiger partial charge in [-0.3, -0.25) is 0 Å². The van der Waals surface area contributed by atoms with Crippen molar-refractivity contribution in [3.05, 3.63) is 12.4 Å². The monoisotopic (exact) mass is 265 g/mol. The maximum absolute atomic E-state index is 10.8. The van der Waals surface area contributed by atoms with E-state index < -0.39 is 6.03 Å². The molecule has 0 aromatic carbocycles. The third kappa shape index (κ3) is 3.70. The van der Waals surface area contributed by atoms with Gasteiger partial charge in [0.25, 0.3) is 0 Å². The lowest BCUT2D eigenvalue weighted by Gasteiger charge is -2.32. The molecule has 0 atom stereocenters. The van der Waals surface area contributed by atoms with Crippen LogP contribution in [0.25, 0.3) is 0 Å². The van der Waals surface area contributed by atoms with Gasteiger partial charge in [0.2, 0.25) is 5.88 Å². The minimum Gasteiger partial charge on any atom is -0.478 e. The van der Waals surface area contributed by atoms with E-state index in [9.17, 15) is 4.79 Å². The zero-order valence-electron chi connectivity index (χ0n) is 11.0. The molecule has 0 saturated carbocycles. The molecule has 1 aliphatic rings. The van der Waals surface area contributed by atoms with E-state index >= 15 is 0 Å². The highest BCUT2D eigenvalue weighted by atomic mass is 16.5. The second-order valence-corrected chi connectivity index (χ2v) is 4.42. The fourth-order valence-electron chi connectivity index (χ4n) is 2.18.